The third-order valence-electron chi connectivity index (χ3n) is 7.29. The van der Waals surface area contributed by atoms with E-state index >= 15 is 0 Å². The lowest BCUT2D eigenvalue weighted by Gasteiger charge is -2.27. The van der Waals surface area contributed by atoms with E-state index in [0.29, 0.717) is 19.8 Å². The number of carbonyl (C=O) groups is 1. The molecule has 1 heterocycles. The monoisotopic (exact) mass is 567 g/mol. The van der Waals surface area contributed by atoms with Gasteiger partial charge in [0.15, 0.2) is 0 Å². The highest BCUT2D eigenvalue weighted by atomic mass is 16.5. The Labute approximate surface area is 252 Å². The molecule has 1 aliphatic heterocycles. The van der Waals surface area contributed by atoms with E-state index in [1.165, 1.54) is 0 Å². The second kappa shape index (κ2) is 13.6. The molecule has 0 aliphatic carbocycles. The summed E-state index contributed by atoms with van der Waals surface area (Å²) < 4.78 is 11.9. The summed E-state index contributed by atoms with van der Waals surface area (Å²) in [7, 11) is 0. The first-order chi connectivity index (χ1) is 21.2. The van der Waals surface area contributed by atoms with Crippen molar-refractivity contribution in [3.05, 3.63) is 167 Å². The van der Waals surface area contributed by atoms with Gasteiger partial charge in [-0.15, -0.1) is 0 Å². The van der Waals surface area contributed by atoms with Crippen LogP contribution in [-0.2, 0) is 24.6 Å². The zero-order valence-corrected chi connectivity index (χ0v) is 23.8. The minimum Gasteiger partial charge on any atom is -0.489 e. The molecule has 6 heteroatoms. The Morgan fingerprint density at radius 2 is 1.12 bits per heavy atom. The van der Waals surface area contributed by atoms with Crippen LogP contribution in [0, 0.1) is 0 Å². The van der Waals surface area contributed by atoms with E-state index in [0.717, 1.165) is 39.3 Å². The van der Waals surface area contributed by atoms with Crippen LogP contribution >= 0.6 is 0 Å². The highest BCUT2D eigenvalue weighted by Crippen LogP contribution is 2.33. The zero-order chi connectivity index (χ0) is 29.3. The first kappa shape index (κ1) is 27.9. The van der Waals surface area contributed by atoms with Crippen molar-refractivity contribution in [1.29, 1.82) is 0 Å². The summed E-state index contributed by atoms with van der Waals surface area (Å²) in [6, 6.07) is 46.0. The van der Waals surface area contributed by atoms with E-state index in [-0.39, 0.29) is 18.6 Å². The maximum atomic E-state index is 13.3. The lowest BCUT2D eigenvalue weighted by atomic mass is 10.1. The SMILES string of the molecule is O=C1CN(Cc2ccccc2)[C@@H](c2ccc(OCc3ccccc3)cc2)N1/N=C\c1ccc(OCc2ccccc2)cc1. The Balaban J connectivity index is 1.18. The Kier molecular flexibility index (Phi) is 8.87. The van der Waals surface area contributed by atoms with E-state index in [4.69, 9.17) is 14.6 Å². The zero-order valence-electron chi connectivity index (χ0n) is 23.8. The molecule has 1 fully saturated rings. The molecule has 1 aliphatic rings. The minimum atomic E-state index is -0.347. The first-order valence-corrected chi connectivity index (χ1v) is 14.4. The van der Waals surface area contributed by atoms with Crippen molar-refractivity contribution < 1.29 is 14.3 Å². The molecule has 1 amide bonds. The maximum absolute atomic E-state index is 13.3. The van der Waals surface area contributed by atoms with Crippen LogP contribution in [0.5, 0.6) is 11.5 Å². The van der Waals surface area contributed by atoms with Crippen molar-refractivity contribution in [2.75, 3.05) is 6.54 Å². The van der Waals surface area contributed by atoms with Gasteiger partial charge in [0, 0.05) is 6.54 Å². The van der Waals surface area contributed by atoms with Gasteiger partial charge in [0.1, 0.15) is 30.9 Å². The van der Waals surface area contributed by atoms with Gasteiger partial charge in [0.05, 0.1) is 12.8 Å². The fourth-order valence-corrected chi connectivity index (χ4v) is 5.06. The second-order valence-electron chi connectivity index (χ2n) is 10.4. The standard InChI is InChI=1S/C37H33N3O3/c41-36-26-39(25-30-10-4-1-5-11-30)37(33-18-22-35(23-19-33)43-28-32-14-8-3-9-15-32)40(36)38-24-29-16-20-34(21-17-29)42-27-31-12-6-2-7-13-31/h1-24,37H,25-28H2/b38-24-/t37-/m1/s1. The highest BCUT2D eigenvalue weighted by molar-refractivity contribution is 5.84. The first-order valence-electron chi connectivity index (χ1n) is 14.4. The van der Waals surface area contributed by atoms with Crippen LogP contribution in [0.15, 0.2) is 145 Å². The molecule has 1 saturated heterocycles. The van der Waals surface area contributed by atoms with Gasteiger partial charge < -0.3 is 9.47 Å². The number of carbonyl (C=O) groups excluding carboxylic acids is 1. The summed E-state index contributed by atoms with van der Waals surface area (Å²) in [6.07, 6.45) is 1.38. The molecule has 0 saturated carbocycles. The van der Waals surface area contributed by atoms with Gasteiger partial charge in [0.25, 0.3) is 5.91 Å². The number of benzene rings is 5. The number of rotatable bonds is 11. The summed E-state index contributed by atoms with van der Waals surface area (Å²) in [5.41, 5.74) is 5.21. The molecule has 0 bridgehead atoms. The Hall–Kier alpha value is -5.20. The molecule has 6 nitrogen and oxygen atoms in total. The van der Waals surface area contributed by atoms with Gasteiger partial charge in [-0.3, -0.25) is 9.69 Å². The average Bonchev–Trinajstić information content (AvgIpc) is 3.37. The summed E-state index contributed by atoms with van der Waals surface area (Å²) >= 11 is 0. The van der Waals surface area contributed by atoms with Crippen molar-refractivity contribution in [3.8, 4) is 11.5 Å². The van der Waals surface area contributed by atoms with Gasteiger partial charge in [-0.05, 0) is 64.2 Å². The summed E-state index contributed by atoms with van der Waals surface area (Å²) in [6.45, 7) is 1.90. The highest BCUT2D eigenvalue weighted by Gasteiger charge is 2.39. The predicted octanol–water partition coefficient (Wildman–Crippen LogP) is 7.22. The third kappa shape index (κ3) is 7.36. The van der Waals surface area contributed by atoms with Crippen molar-refractivity contribution in [1.82, 2.24) is 9.91 Å². The van der Waals surface area contributed by atoms with E-state index in [2.05, 4.69) is 17.0 Å². The molecule has 0 N–H and O–H groups in total. The number of hydrazone groups is 1. The van der Waals surface area contributed by atoms with E-state index < -0.39 is 0 Å². The van der Waals surface area contributed by atoms with Gasteiger partial charge in [-0.25, -0.2) is 5.01 Å². The molecule has 5 aromatic carbocycles. The molecule has 0 spiro atoms. The Morgan fingerprint density at radius 3 is 1.65 bits per heavy atom. The smallest absolute Gasteiger partial charge is 0.258 e. The van der Waals surface area contributed by atoms with Crippen LogP contribution in [0.1, 0.15) is 34.0 Å². The molecular weight excluding hydrogens is 534 g/mol. The minimum absolute atomic E-state index is 0.0515. The maximum Gasteiger partial charge on any atom is 0.258 e. The summed E-state index contributed by atoms with van der Waals surface area (Å²) in [5.74, 6) is 1.50. The number of amides is 1. The van der Waals surface area contributed by atoms with Crippen molar-refractivity contribution >= 4 is 12.1 Å². The summed E-state index contributed by atoms with van der Waals surface area (Å²) in [5, 5.41) is 6.28. The topological polar surface area (TPSA) is 54.4 Å². The van der Waals surface area contributed by atoms with Crippen molar-refractivity contribution in [2.45, 2.75) is 25.9 Å². The normalized spacial score (nSPS) is 15.2. The average molecular weight is 568 g/mol. The molecule has 5 aromatic rings. The van der Waals surface area contributed by atoms with Crippen molar-refractivity contribution in [3.63, 3.8) is 0 Å². The van der Waals surface area contributed by atoms with Crippen LogP contribution in [-0.4, -0.2) is 28.6 Å². The number of nitrogens with zero attached hydrogens (tertiary/aromatic N) is 3. The van der Waals surface area contributed by atoms with E-state index in [9.17, 15) is 4.79 Å². The third-order valence-corrected chi connectivity index (χ3v) is 7.29. The van der Waals surface area contributed by atoms with Gasteiger partial charge in [0.2, 0.25) is 0 Å². The van der Waals surface area contributed by atoms with Gasteiger partial charge >= 0.3 is 0 Å². The lowest BCUT2D eigenvalue weighted by molar-refractivity contribution is -0.128. The molecule has 0 radical (unpaired) electrons. The predicted molar refractivity (Wildman–Crippen MR) is 168 cm³/mol. The van der Waals surface area contributed by atoms with Crippen LogP contribution in [0.3, 0.4) is 0 Å². The van der Waals surface area contributed by atoms with Crippen LogP contribution in [0.25, 0.3) is 0 Å². The molecule has 6 rings (SSSR count). The van der Waals surface area contributed by atoms with Crippen LogP contribution in [0.4, 0.5) is 0 Å². The molecule has 1 atom stereocenters. The quantitative estimate of drug-likeness (QED) is 0.158. The van der Waals surface area contributed by atoms with Crippen LogP contribution in [0.2, 0.25) is 0 Å². The Bertz CT molecular complexity index is 1620. The van der Waals surface area contributed by atoms with E-state index in [1.54, 1.807) is 11.2 Å². The fourth-order valence-electron chi connectivity index (χ4n) is 5.06. The molecular formula is C37H33N3O3. The molecule has 214 valence electrons. The van der Waals surface area contributed by atoms with Crippen LogP contribution < -0.4 is 9.47 Å². The van der Waals surface area contributed by atoms with E-state index in [1.807, 2.05) is 127 Å². The second-order valence-corrected chi connectivity index (χ2v) is 10.4. The Morgan fingerprint density at radius 1 is 0.628 bits per heavy atom. The summed E-state index contributed by atoms with van der Waals surface area (Å²) in [4.78, 5) is 15.5. The number of hydrogen-bond donors (Lipinski definition) is 0. The molecule has 0 aromatic heterocycles. The molecule has 0 unspecified atom stereocenters. The largest absolute Gasteiger partial charge is 0.489 e. The number of ether oxygens (including phenoxy) is 2. The van der Waals surface area contributed by atoms with Crippen molar-refractivity contribution in [2.24, 2.45) is 5.10 Å². The molecule has 43 heavy (non-hydrogen) atoms. The number of hydrogen-bond acceptors (Lipinski definition) is 5. The van der Waals surface area contributed by atoms with Gasteiger partial charge in [-0.2, -0.15) is 5.10 Å². The fraction of sp³-hybridized carbons (Fsp3) is 0.135. The lowest BCUT2D eigenvalue weighted by Crippen LogP contribution is -2.28. The van der Waals surface area contributed by atoms with Gasteiger partial charge in [-0.1, -0.05) is 103 Å².